The van der Waals surface area contributed by atoms with Gasteiger partial charge in [0, 0.05) is 12.6 Å². The van der Waals surface area contributed by atoms with E-state index in [0.29, 0.717) is 18.8 Å². The summed E-state index contributed by atoms with van der Waals surface area (Å²) in [6.45, 7) is 0.463. The molecule has 0 spiro atoms. The van der Waals surface area contributed by atoms with E-state index in [1.165, 1.54) is 19.4 Å². The Bertz CT molecular complexity index is 301. The van der Waals surface area contributed by atoms with E-state index in [-0.39, 0.29) is 5.69 Å². The Balaban J connectivity index is 2.85. The molecule has 0 aliphatic rings. The highest BCUT2D eigenvalue weighted by molar-refractivity contribution is 5.86. The first-order chi connectivity index (χ1) is 6.27. The molecular weight excluding hydrogens is 170 g/mol. The fourth-order valence-corrected chi connectivity index (χ4v) is 0.867. The third kappa shape index (κ3) is 2.48. The lowest BCUT2D eigenvalue weighted by Crippen LogP contribution is -2.10. The Morgan fingerprint density at radius 1 is 1.69 bits per heavy atom. The van der Waals surface area contributed by atoms with Crippen LogP contribution in [0.2, 0.25) is 0 Å². The number of aromatic nitrogens is 2. The zero-order valence-electron chi connectivity index (χ0n) is 7.36. The fraction of sp³-hybridized carbons (Fsp3) is 0.375. The van der Waals surface area contributed by atoms with Gasteiger partial charge in [-0.1, -0.05) is 0 Å². The zero-order valence-corrected chi connectivity index (χ0v) is 7.36. The number of methoxy groups -OCH3 is 1. The number of esters is 1. The molecule has 1 heterocycles. The molecule has 0 aromatic carbocycles. The summed E-state index contributed by atoms with van der Waals surface area (Å²) in [6.07, 6.45) is 2.08. The quantitative estimate of drug-likeness (QED) is 0.651. The van der Waals surface area contributed by atoms with E-state index >= 15 is 0 Å². The summed E-state index contributed by atoms with van der Waals surface area (Å²) in [4.78, 5) is 18.9. The van der Waals surface area contributed by atoms with Crippen molar-refractivity contribution in [3.05, 3.63) is 23.8 Å². The maximum atomic E-state index is 11.0. The minimum Gasteiger partial charge on any atom is -0.464 e. The molecule has 0 aliphatic carbocycles. The van der Waals surface area contributed by atoms with Crippen molar-refractivity contribution in [3.63, 3.8) is 0 Å². The standard InChI is InChI=1S/C8H11N3O2/c1-13-8(12)6-3-5-10-7(11-6)2-4-9/h3,5H,2,4,9H2,1H3. The molecule has 0 bridgehead atoms. The van der Waals surface area contributed by atoms with Gasteiger partial charge in [-0.2, -0.15) is 0 Å². The first-order valence-corrected chi connectivity index (χ1v) is 3.88. The van der Waals surface area contributed by atoms with Gasteiger partial charge in [0.1, 0.15) is 5.82 Å². The average molecular weight is 181 g/mol. The van der Waals surface area contributed by atoms with Crippen LogP contribution in [0, 0.1) is 0 Å². The van der Waals surface area contributed by atoms with Gasteiger partial charge in [-0.15, -0.1) is 0 Å². The molecule has 0 radical (unpaired) electrons. The Morgan fingerprint density at radius 3 is 3.08 bits per heavy atom. The Kier molecular flexibility index (Phi) is 3.33. The molecule has 0 unspecified atom stereocenters. The van der Waals surface area contributed by atoms with Crippen molar-refractivity contribution >= 4 is 5.97 Å². The van der Waals surface area contributed by atoms with Gasteiger partial charge in [-0.25, -0.2) is 14.8 Å². The van der Waals surface area contributed by atoms with Crippen molar-refractivity contribution in [2.45, 2.75) is 6.42 Å². The second kappa shape index (κ2) is 4.51. The van der Waals surface area contributed by atoms with Crippen molar-refractivity contribution in [1.82, 2.24) is 9.97 Å². The van der Waals surface area contributed by atoms with Crippen LogP contribution in [-0.2, 0) is 11.2 Å². The molecule has 0 amide bonds. The SMILES string of the molecule is COC(=O)c1ccnc(CCN)n1. The van der Waals surface area contributed by atoms with Crippen LogP contribution in [0.4, 0.5) is 0 Å². The predicted molar refractivity (Wildman–Crippen MR) is 46.1 cm³/mol. The number of hydrogen-bond donors (Lipinski definition) is 1. The first-order valence-electron chi connectivity index (χ1n) is 3.88. The van der Waals surface area contributed by atoms with E-state index in [2.05, 4.69) is 14.7 Å². The van der Waals surface area contributed by atoms with Crippen LogP contribution in [0.15, 0.2) is 12.3 Å². The summed E-state index contributed by atoms with van der Waals surface area (Å²) in [5.74, 6) is 0.103. The highest BCUT2D eigenvalue weighted by atomic mass is 16.5. The van der Waals surface area contributed by atoms with Crippen LogP contribution in [0.25, 0.3) is 0 Å². The van der Waals surface area contributed by atoms with Crippen LogP contribution in [0.5, 0.6) is 0 Å². The molecule has 1 rings (SSSR count). The molecule has 0 saturated carbocycles. The smallest absolute Gasteiger partial charge is 0.356 e. The summed E-state index contributed by atoms with van der Waals surface area (Å²) in [5, 5.41) is 0. The fourth-order valence-electron chi connectivity index (χ4n) is 0.867. The van der Waals surface area contributed by atoms with Crippen LogP contribution < -0.4 is 5.73 Å². The van der Waals surface area contributed by atoms with Gasteiger partial charge in [-0.3, -0.25) is 0 Å². The lowest BCUT2D eigenvalue weighted by molar-refractivity contribution is 0.0593. The Labute approximate surface area is 75.9 Å². The summed E-state index contributed by atoms with van der Waals surface area (Å²) in [7, 11) is 1.31. The van der Waals surface area contributed by atoms with Gasteiger partial charge < -0.3 is 10.5 Å². The molecule has 0 aliphatic heterocycles. The molecule has 0 fully saturated rings. The number of ether oxygens (including phenoxy) is 1. The van der Waals surface area contributed by atoms with Crippen LogP contribution in [-0.4, -0.2) is 29.6 Å². The van der Waals surface area contributed by atoms with E-state index in [1.807, 2.05) is 0 Å². The molecule has 13 heavy (non-hydrogen) atoms. The third-order valence-electron chi connectivity index (χ3n) is 1.47. The Morgan fingerprint density at radius 2 is 2.46 bits per heavy atom. The molecule has 1 aromatic heterocycles. The van der Waals surface area contributed by atoms with Crippen LogP contribution in [0.1, 0.15) is 16.3 Å². The number of carbonyl (C=O) groups is 1. The van der Waals surface area contributed by atoms with Crippen LogP contribution >= 0.6 is 0 Å². The Hall–Kier alpha value is -1.49. The number of nitrogens with two attached hydrogens (primary N) is 1. The maximum absolute atomic E-state index is 11.0. The van der Waals surface area contributed by atoms with Crippen molar-refractivity contribution in [1.29, 1.82) is 0 Å². The molecule has 0 saturated heterocycles. The topological polar surface area (TPSA) is 78.1 Å². The average Bonchev–Trinajstić information content (AvgIpc) is 2.18. The lowest BCUT2D eigenvalue weighted by atomic mass is 10.3. The second-order valence-corrected chi connectivity index (χ2v) is 2.39. The van der Waals surface area contributed by atoms with E-state index in [9.17, 15) is 4.79 Å². The van der Waals surface area contributed by atoms with E-state index < -0.39 is 5.97 Å². The normalized spacial score (nSPS) is 9.69. The molecule has 5 heteroatoms. The molecule has 5 nitrogen and oxygen atoms in total. The van der Waals surface area contributed by atoms with Gasteiger partial charge in [-0.05, 0) is 12.6 Å². The monoisotopic (exact) mass is 181 g/mol. The molecular formula is C8H11N3O2. The second-order valence-electron chi connectivity index (χ2n) is 2.39. The van der Waals surface area contributed by atoms with Crippen molar-refractivity contribution in [2.75, 3.05) is 13.7 Å². The molecule has 70 valence electrons. The summed E-state index contributed by atoms with van der Waals surface area (Å²) >= 11 is 0. The van der Waals surface area contributed by atoms with E-state index in [4.69, 9.17) is 5.73 Å². The van der Waals surface area contributed by atoms with Gasteiger partial charge in [0.2, 0.25) is 0 Å². The van der Waals surface area contributed by atoms with Crippen molar-refractivity contribution in [3.8, 4) is 0 Å². The van der Waals surface area contributed by atoms with Crippen molar-refractivity contribution < 1.29 is 9.53 Å². The first kappa shape index (κ1) is 9.60. The zero-order chi connectivity index (χ0) is 9.68. The van der Waals surface area contributed by atoms with Gasteiger partial charge in [0.15, 0.2) is 5.69 Å². The predicted octanol–water partition coefficient (Wildman–Crippen LogP) is -0.236. The lowest BCUT2D eigenvalue weighted by Gasteiger charge is -2.00. The summed E-state index contributed by atoms with van der Waals surface area (Å²) < 4.78 is 4.51. The number of hydrogen-bond acceptors (Lipinski definition) is 5. The number of rotatable bonds is 3. The van der Waals surface area contributed by atoms with E-state index in [1.54, 1.807) is 0 Å². The molecule has 0 atom stereocenters. The molecule has 2 N–H and O–H groups in total. The number of carbonyl (C=O) groups excluding carboxylic acids is 1. The summed E-state index contributed by atoms with van der Waals surface area (Å²) in [5.41, 5.74) is 5.59. The van der Waals surface area contributed by atoms with Gasteiger partial charge in [0.25, 0.3) is 0 Å². The molecule has 1 aromatic rings. The highest BCUT2D eigenvalue weighted by Gasteiger charge is 2.07. The maximum Gasteiger partial charge on any atom is 0.356 e. The number of nitrogens with zero attached hydrogens (tertiary/aromatic N) is 2. The summed E-state index contributed by atoms with van der Waals surface area (Å²) in [6, 6.07) is 1.51. The van der Waals surface area contributed by atoms with E-state index in [0.717, 1.165) is 0 Å². The third-order valence-corrected chi connectivity index (χ3v) is 1.47. The van der Waals surface area contributed by atoms with Gasteiger partial charge in [0.05, 0.1) is 7.11 Å². The minimum absolute atomic E-state index is 0.265. The van der Waals surface area contributed by atoms with Crippen LogP contribution in [0.3, 0.4) is 0 Å². The largest absolute Gasteiger partial charge is 0.464 e. The highest BCUT2D eigenvalue weighted by Crippen LogP contribution is 1.97. The van der Waals surface area contributed by atoms with Crippen molar-refractivity contribution in [2.24, 2.45) is 5.73 Å². The minimum atomic E-state index is -0.458. The van der Waals surface area contributed by atoms with Gasteiger partial charge >= 0.3 is 5.97 Å².